The van der Waals surface area contributed by atoms with Crippen LogP contribution < -0.4 is 14.2 Å². The van der Waals surface area contributed by atoms with E-state index in [9.17, 15) is 4.79 Å². The molecule has 0 spiro atoms. The van der Waals surface area contributed by atoms with Crippen LogP contribution in [-0.2, 0) is 6.61 Å². The van der Waals surface area contributed by atoms with Crippen molar-refractivity contribution in [1.29, 1.82) is 0 Å². The SMILES string of the molecule is COc1ccc(OC)c(C(=O)/C=C/c2ccc(COc3ccc(C(C)C)cc3)o2)c1. The third-order valence-electron chi connectivity index (χ3n) is 4.68. The fraction of sp³-hybridized carbons (Fsp3) is 0.240. The van der Waals surface area contributed by atoms with E-state index in [4.69, 9.17) is 18.6 Å². The summed E-state index contributed by atoms with van der Waals surface area (Å²) < 4.78 is 22.0. The standard InChI is InChI=1S/C25H26O5/c1-17(2)18-5-7-19(8-6-18)29-16-22-10-9-20(30-22)11-13-24(26)23-15-21(27-3)12-14-25(23)28-4/h5-15,17H,16H2,1-4H3/b13-11+. The molecule has 30 heavy (non-hydrogen) atoms. The van der Waals surface area contributed by atoms with Crippen molar-refractivity contribution in [3.63, 3.8) is 0 Å². The molecule has 1 heterocycles. The highest BCUT2D eigenvalue weighted by atomic mass is 16.5. The topological polar surface area (TPSA) is 57.9 Å². The van der Waals surface area contributed by atoms with Gasteiger partial charge in [-0.3, -0.25) is 4.79 Å². The highest BCUT2D eigenvalue weighted by molar-refractivity contribution is 6.08. The molecule has 0 bridgehead atoms. The highest BCUT2D eigenvalue weighted by Crippen LogP contribution is 2.25. The van der Waals surface area contributed by atoms with Crippen LogP contribution in [-0.4, -0.2) is 20.0 Å². The first-order chi connectivity index (χ1) is 14.5. The van der Waals surface area contributed by atoms with Crippen molar-refractivity contribution in [3.8, 4) is 17.2 Å². The first kappa shape index (κ1) is 21.2. The second kappa shape index (κ2) is 9.83. The molecule has 2 aromatic carbocycles. The van der Waals surface area contributed by atoms with Crippen molar-refractivity contribution in [2.75, 3.05) is 14.2 Å². The lowest BCUT2D eigenvalue weighted by Gasteiger charge is -2.08. The van der Waals surface area contributed by atoms with Crippen LogP contribution in [0.4, 0.5) is 0 Å². The maximum atomic E-state index is 12.6. The quantitative estimate of drug-likeness (QED) is 0.327. The molecule has 0 saturated carbocycles. The van der Waals surface area contributed by atoms with E-state index in [0.717, 1.165) is 5.75 Å². The third-order valence-corrected chi connectivity index (χ3v) is 4.68. The van der Waals surface area contributed by atoms with E-state index in [1.807, 2.05) is 18.2 Å². The van der Waals surface area contributed by atoms with Crippen molar-refractivity contribution in [2.45, 2.75) is 26.4 Å². The zero-order valence-electron chi connectivity index (χ0n) is 17.7. The predicted octanol–water partition coefficient (Wildman–Crippen LogP) is 5.90. The van der Waals surface area contributed by atoms with Crippen molar-refractivity contribution in [3.05, 3.63) is 83.3 Å². The largest absolute Gasteiger partial charge is 0.497 e. The molecule has 3 rings (SSSR count). The number of ketones is 1. The summed E-state index contributed by atoms with van der Waals surface area (Å²) in [6.07, 6.45) is 3.08. The first-order valence-corrected chi connectivity index (χ1v) is 9.76. The number of benzene rings is 2. The smallest absolute Gasteiger partial charge is 0.189 e. The Kier molecular flexibility index (Phi) is 6.96. The van der Waals surface area contributed by atoms with Gasteiger partial charge in [-0.15, -0.1) is 0 Å². The van der Waals surface area contributed by atoms with Crippen LogP contribution in [0.2, 0.25) is 0 Å². The molecule has 0 fully saturated rings. The fourth-order valence-electron chi connectivity index (χ4n) is 2.92. The molecule has 0 atom stereocenters. The summed E-state index contributed by atoms with van der Waals surface area (Å²) in [6, 6.07) is 16.8. The molecule has 1 aromatic heterocycles. The summed E-state index contributed by atoms with van der Waals surface area (Å²) >= 11 is 0. The van der Waals surface area contributed by atoms with Crippen LogP contribution in [0.25, 0.3) is 6.08 Å². The number of rotatable bonds is 9. The van der Waals surface area contributed by atoms with Gasteiger partial charge in [-0.1, -0.05) is 26.0 Å². The van der Waals surface area contributed by atoms with Gasteiger partial charge in [0.1, 0.15) is 35.4 Å². The molecule has 0 amide bonds. The number of carbonyl (C=O) groups excluding carboxylic acids is 1. The first-order valence-electron chi connectivity index (χ1n) is 9.76. The van der Waals surface area contributed by atoms with Gasteiger partial charge in [-0.2, -0.15) is 0 Å². The second-order valence-corrected chi connectivity index (χ2v) is 7.08. The Morgan fingerprint density at radius 3 is 2.37 bits per heavy atom. The van der Waals surface area contributed by atoms with Gasteiger partial charge >= 0.3 is 0 Å². The number of hydrogen-bond donors (Lipinski definition) is 0. The van der Waals surface area contributed by atoms with Crippen LogP contribution in [0.3, 0.4) is 0 Å². The minimum atomic E-state index is -0.204. The molecular formula is C25H26O5. The number of carbonyl (C=O) groups is 1. The highest BCUT2D eigenvalue weighted by Gasteiger charge is 2.11. The lowest BCUT2D eigenvalue weighted by atomic mass is 10.0. The Labute approximate surface area is 176 Å². The van der Waals surface area contributed by atoms with E-state index in [0.29, 0.717) is 41.1 Å². The number of allylic oxidation sites excluding steroid dienone is 1. The van der Waals surface area contributed by atoms with Crippen LogP contribution >= 0.6 is 0 Å². The van der Waals surface area contributed by atoms with Crippen LogP contribution in [0.5, 0.6) is 17.2 Å². The predicted molar refractivity (Wildman–Crippen MR) is 116 cm³/mol. The summed E-state index contributed by atoms with van der Waals surface area (Å²) in [5, 5.41) is 0. The van der Waals surface area contributed by atoms with Crippen molar-refractivity contribution >= 4 is 11.9 Å². The maximum Gasteiger partial charge on any atom is 0.189 e. The number of ether oxygens (including phenoxy) is 3. The minimum Gasteiger partial charge on any atom is -0.497 e. The van der Waals surface area contributed by atoms with E-state index < -0.39 is 0 Å². The number of hydrogen-bond acceptors (Lipinski definition) is 5. The van der Waals surface area contributed by atoms with Gasteiger partial charge in [0.2, 0.25) is 0 Å². The Balaban J connectivity index is 1.62. The van der Waals surface area contributed by atoms with Crippen molar-refractivity contribution in [1.82, 2.24) is 0 Å². The van der Waals surface area contributed by atoms with Gasteiger partial charge in [0.25, 0.3) is 0 Å². The fourth-order valence-corrected chi connectivity index (χ4v) is 2.92. The molecule has 5 nitrogen and oxygen atoms in total. The van der Waals surface area contributed by atoms with Gasteiger partial charge in [0, 0.05) is 0 Å². The molecule has 5 heteroatoms. The van der Waals surface area contributed by atoms with E-state index in [1.165, 1.54) is 18.7 Å². The summed E-state index contributed by atoms with van der Waals surface area (Å²) in [6.45, 7) is 4.62. The molecule has 0 N–H and O–H groups in total. The maximum absolute atomic E-state index is 12.6. The Morgan fingerprint density at radius 2 is 1.70 bits per heavy atom. The van der Waals surface area contributed by atoms with Crippen LogP contribution in [0.15, 0.2) is 65.1 Å². The van der Waals surface area contributed by atoms with Gasteiger partial charge in [0.15, 0.2) is 5.78 Å². The third kappa shape index (κ3) is 5.32. The molecule has 0 aliphatic carbocycles. The molecular weight excluding hydrogens is 380 g/mol. The van der Waals surface area contributed by atoms with Gasteiger partial charge in [0.05, 0.1) is 19.8 Å². The second-order valence-electron chi connectivity index (χ2n) is 7.08. The zero-order valence-corrected chi connectivity index (χ0v) is 17.7. The van der Waals surface area contributed by atoms with Crippen molar-refractivity contribution in [2.24, 2.45) is 0 Å². The minimum absolute atomic E-state index is 0.204. The molecule has 0 radical (unpaired) electrons. The molecule has 3 aromatic rings. The lowest BCUT2D eigenvalue weighted by molar-refractivity contribution is 0.104. The lowest BCUT2D eigenvalue weighted by Crippen LogP contribution is -1.99. The summed E-state index contributed by atoms with van der Waals surface area (Å²) in [4.78, 5) is 12.6. The van der Waals surface area contributed by atoms with Gasteiger partial charge in [-0.05, 0) is 66.1 Å². The van der Waals surface area contributed by atoms with Crippen LogP contribution in [0, 0.1) is 0 Å². The van der Waals surface area contributed by atoms with Gasteiger partial charge in [-0.25, -0.2) is 0 Å². The normalized spacial score (nSPS) is 11.1. The molecule has 156 valence electrons. The van der Waals surface area contributed by atoms with Crippen molar-refractivity contribution < 1.29 is 23.4 Å². The number of furan rings is 1. The number of methoxy groups -OCH3 is 2. The monoisotopic (exact) mass is 406 g/mol. The molecule has 0 unspecified atom stereocenters. The molecule has 0 saturated heterocycles. The average molecular weight is 406 g/mol. The Morgan fingerprint density at radius 1 is 0.967 bits per heavy atom. The molecule has 0 aliphatic rings. The van der Waals surface area contributed by atoms with E-state index >= 15 is 0 Å². The summed E-state index contributed by atoms with van der Waals surface area (Å²) in [5.74, 6) is 3.39. The van der Waals surface area contributed by atoms with E-state index in [2.05, 4.69) is 26.0 Å². The van der Waals surface area contributed by atoms with E-state index in [1.54, 1.807) is 37.5 Å². The Hall–Kier alpha value is -3.47. The van der Waals surface area contributed by atoms with Gasteiger partial charge < -0.3 is 18.6 Å². The van der Waals surface area contributed by atoms with E-state index in [-0.39, 0.29) is 5.78 Å². The Bertz CT molecular complexity index is 1010. The van der Waals surface area contributed by atoms with Crippen LogP contribution in [0.1, 0.15) is 47.2 Å². The average Bonchev–Trinajstić information content (AvgIpc) is 3.23. The molecule has 0 aliphatic heterocycles. The zero-order chi connectivity index (χ0) is 21.5. The summed E-state index contributed by atoms with van der Waals surface area (Å²) in [7, 11) is 3.08. The summed E-state index contributed by atoms with van der Waals surface area (Å²) in [5.41, 5.74) is 1.69.